The van der Waals surface area contributed by atoms with Crippen molar-refractivity contribution in [3.8, 4) is 0 Å². The second-order valence-corrected chi connectivity index (χ2v) is 10.1. The number of nitrogens with one attached hydrogen (secondary N) is 2. The van der Waals surface area contributed by atoms with E-state index in [9.17, 15) is 9.59 Å². The minimum absolute atomic E-state index is 0.172. The topological polar surface area (TPSA) is 74.8 Å². The number of H-pyrrole nitrogens is 1. The lowest BCUT2D eigenvalue weighted by atomic mass is 10.2. The van der Waals surface area contributed by atoms with Crippen LogP contribution in [0.25, 0.3) is 10.2 Å². The average Bonchev–Trinajstić information content (AvgIpc) is 3.35. The molecule has 0 saturated carbocycles. The maximum atomic E-state index is 12.7. The van der Waals surface area contributed by atoms with Crippen LogP contribution in [0.15, 0.2) is 45.4 Å². The number of carbonyl (C=O) groups is 1. The van der Waals surface area contributed by atoms with E-state index in [4.69, 9.17) is 0 Å². The third-order valence-electron chi connectivity index (χ3n) is 4.77. The Morgan fingerprint density at radius 2 is 2.07 bits per heavy atom. The van der Waals surface area contributed by atoms with Crippen molar-refractivity contribution in [3.63, 3.8) is 0 Å². The Kier molecular flexibility index (Phi) is 6.08. The van der Waals surface area contributed by atoms with E-state index in [-0.39, 0.29) is 11.5 Å². The van der Waals surface area contributed by atoms with Gasteiger partial charge in [0, 0.05) is 9.77 Å². The van der Waals surface area contributed by atoms with E-state index in [0.717, 1.165) is 4.88 Å². The highest BCUT2D eigenvalue weighted by Crippen LogP contribution is 2.29. The molecule has 3 heterocycles. The molecule has 0 atom stereocenters. The van der Waals surface area contributed by atoms with E-state index in [1.807, 2.05) is 17.5 Å². The van der Waals surface area contributed by atoms with Gasteiger partial charge >= 0.3 is 0 Å². The fourth-order valence-electron chi connectivity index (χ4n) is 3.14. The summed E-state index contributed by atoms with van der Waals surface area (Å²) in [6.07, 6.45) is 0. The second kappa shape index (κ2) is 8.75. The van der Waals surface area contributed by atoms with Gasteiger partial charge in [0.2, 0.25) is 0 Å². The van der Waals surface area contributed by atoms with Crippen molar-refractivity contribution in [3.05, 3.63) is 78.3 Å². The van der Waals surface area contributed by atoms with Gasteiger partial charge in [0.05, 0.1) is 22.6 Å². The molecule has 4 rings (SSSR count). The Bertz CT molecular complexity index is 1270. The Balaban J connectivity index is 1.56. The van der Waals surface area contributed by atoms with Gasteiger partial charge in [-0.05, 0) is 49.4 Å². The van der Waals surface area contributed by atoms with Gasteiger partial charge in [-0.3, -0.25) is 9.59 Å². The molecule has 8 heteroatoms. The van der Waals surface area contributed by atoms with Crippen molar-refractivity contribution in [2.75, 3.05) is 0 Å². The molecule has 0 aliphatic heterocycles. The van der Waals surface area contributed by atoms with E-state index >= 15 is 0 Å². The summed E-state index contributed by atoms with van der Waals surface area (Å²) in [7, 11) is 0. The molecule has 5 nitrogen and oxygen atoms in total. The third kappa shape index (κ3) is 4.35. The molecule has 3 aromatic heterocycles. The number of nitrogens with zero attached hydrogens (tertiary/aromatic N) is 1. The normalized spacial score (nSPS) is 11.2. The summed E-state index contributed by atoms with van der Waals surface area (Å²) in [5.74, 6) is 1.01. The number of amides is 1. The van der Waals surface area contributed by atoms with Crippen LogP contribution in [0.4, 0.5) is 0 Å². The van der Waals surface area contributed by atoms with Crippen molar-refractivity contribution < 1.29 is 4.79 Å². The maximum Gasteiger partial charge on any atom is 0.262 e. The Hall–Kier alpha value is -2.42. The Labute approximate surface area is 186 Å². The van der Waals surface area contributed by atoms with Gasteiger partial charge < -0.3 is 10.3 Å². The van der Waals surface area contributed by atoms with Crippen LogP contribution in [0, 0.1) is 20.8 Å². The van der Waals surface area contributed by atoms with Crippen LogP contribution in [0.1, 0.15) is 37.1 Å². The van der Waals surface area contributed by atoms with Crippen LogP contribution < -0.4 is 10.9 Å². The first-order valence-corrected chi connectivity index (χ1v) is 12.1. The highest BCUT2D eigenvalue weighted by Gasteiger charge is 2.19. The first kappa shape index (κ1) is 20.8. The lowest BCUT2D eigenvalue weighted by Crippen LogP contribution is -2.22. The zero-order valence-electron chi connectivity index (χ0n) is 16.9. The average molecular weight is 456 g/mol. The molecule has 30 heavy (non-hydrogen) atoms. The van der Waals surface area contributed by atoms with Crippen LogP contribution in [0.5, 0.6) is 0 Å². The summed E-state index contributed by atoms with van der Waals surface area (Å²) >= 11 is 4.52. The predicted octanol–water partition coefficient (Wildman–Crippen LogP) is 5.19. The minimum atomic E-state index is -0.192. The summed E-state index contributed by atoms with van der Waals surface area (Å²) in [6.45, 7) is 6.42. The van der Waals surface area contributed by atoms with Crippen LogP contribution in [-0.4, -0.2) is 15.9 Å². The molecule has 0 saturated heterocycles. The monoisotopic (exact) mass is 455 g/mol. The summed E-state index contributed by atoms with van der Waals surface area (Å²) in [4.78, 5) is 36.3. The number of aryl methyl sites for hydroxylation is 3. The number of thiophene rings is 2. The number of fused-ring (bicyclic) bond motifs is 1. The summed E-state index contributed by atoms with van der Waals surface area (Å²) in [5, 5.41) is 5.41. The fourth-order valence-corrected chi connectivity index (χ4v) is 5.90. The first-order valence-electron chi connectivity index (χ1n) is 9.45. The molecular weight excluding hydrogens is 434 g/mol. The third-order valence-corrected chi connectivity index (χ3v) is 8.00. The number of aromatic nitrogens is 2. The molecule has 0 aliphatic rings. The smallest absolute Gasteiger partial charge is 0.262 e. The largest absolute Gasteiger partial charge is 0.346 e. The first-order chi connectivity index (χ1) is 14.4. The predicted molar refractivity (Wildman–Crippen MR) is 126 cm³/mol. The van der Waals surface area contributed by atoms with Crippen molar-refractivity contribution in [2.45, 2.75) is 38.0 Å². The van der Waals surface area contributed by atoms with Crippen molar-refractivity contribution >= 4 is 50.6 Å². The molecule has 0 fully saturated rings. The van der Waals surface area contributed by atoms with Gasteiger partial charge in [0.15, 0.2) is 0 Å². The number of benzene rings is 1. The zero-order chi connectivity index (χ0) is 21.3. The molecule has 0 aliphatic carbocycles. The minimum Gasteiger partial charge on any atom is -0.346 e. The van der Waals surface area contributed by atoms with Crippen LogP contribution in [0.2, 0.25) is 0 Å². The summed E-state index contributed by atoms with van der Waals surface area (Å²) < 4.78 is 0. The van der Waals surface area contributed by atoms with Gasteiger partial charge in [-0.1, -0.05) is 23.8 Å². The number of rotatable bonds is 6. The Morgan fingerprint density at radius 3 is 2.83 bits per heavy atom. The molecule has 0 bridgehead atoms. The van der Waals surface area contributed by atoms with Crippen LogP contribution >= 0.6 is 34.4 Å². The van der Waals surface area contributed by atoms with Gasteiger partial charge in [-0.25, -0.2) is 4.98 Å². The lowest BCUT2D eigenvalue weighted by Gasteiger charge is -2.06. The van der Waals surface area contributed by atoms with Gasteiger partial charge in [-0.15, -0.1) is 34.4 Å². The number of hydrogen-bond donors (Lipinski definition) is 2. The molecule has 0 radical (unpaired) electrons. The quantitative estimate of drug-likeness (QED) is 0.392. The molecular formula is C22H21N3O2S3. The van der Waals surface area contributed by atoms with Crippen molar-refractivity contribution in [1.29, 1.82) is 0 Å². The van der Waals surface area contributed by atoms with Gasteiger partial charge in [0.25, 0.3) is 11.5 Å². The van der Waals surface area contributed by atoms with Gasteiger partial charge in [0.1, 0.15) is 10.7 Å². The van der Waals surface area contributed by atoms with Crippen LogP contribution in [0.3, 0.4) is 0 Å². The zero-order valence-corrected chi connectivity index (χ0v) is 19.3. The Morgan fingerprint density at radius 1 is 1.23 bits per heavy atom. The van der Waals surface area contributed by atoms with E-state index in [2.05, 4.69) is 47.3 Å². The second-order valence-electron chi connectivity index (χ2n) is 7.07. The molecule has 154 valence electrons. The SMILES string of the molecule is Cc1ccc(C)c(SCc2nc3sc(C(=O)NCc4cccs4)c(C)c3c(=O)[nH]2)c1. The number of thioether (sulfide) groups is 1. The molecule has 2 N–H and O–H groups in total. The van der Waals surface area contributed by atoms with Crippen molar-refractivity contribution in [2.24, 2.45) is 0 Å². The molecule has 0 unspecified atom stereocenters. The highest BCUT2D eigenvalue weighted by atomic mass is 32.2. The number of carbonyl (C=O) groups excluding carboxylic acids is 1. The van der Waals surface area contributed by atoms with E-state index in [1.165, 1.54) is 27.4 Å². The van der Waals surface area contributed by atoms with E-state index in [1.54, 1.807) is 30.0 Å². The molecule has 1 amide bonds. The molecule has 0 spiro atoms. The molecule has 4 aromatic rings. The summed E-state index contributed by atoms with van der Waals surface area (Å²) in [5.41, 5.74) is 2.89. The van der Waals surface area contributed by atoms with Gasteiger partial charge in [-0.2, -0.15) is 0 Å². The standard InChI is InChI=1S/C22H21N3O2S3/c1-12-6-7-13(2)16(9-12)29-11-17-24-20(26)18-14(3)19(30-22(18)25-17)21(27)23-10-15-5-4-8-28-15/h4-9H,10-11H2,1-3H3,(H,23,27)(H,24,25,26). The van der Waals surface area contributed by atoms with E-state index in [0.29, 0.717) is 38.8 Å². The number of hydrogen-bond acceptors (Lipinski definition) is 6. The van der Waals surface area contributed by atoms with E-state index < -0.39 is 0 Å². The molecule has 1 aromatic carbocycles. The maximum absolute atomic E-state index is 12.7. The van der Waals surface area contributed by atoms with Crippen molar-refractivity contribution in [1.82, 2.24) is 15.3 Å². The van der Waals surface area contributed by atoms with Crippen LogP contribution in [-0.2, 0) is 12.3 Å². The summed E-state index contributed by atoms with van der Waals surface area (Å²) in [6, 6.07) is 10.3. The number of aromatic amines is 1. The highest BCUT2D eigenvalue weighted by molar-refractivity contribution is 7.98. The fraction of sp³-hybridized carbons (Fsp3) is 0.227. The lowest BCUT2D eigenvalue weighted by molar-refractivity contribution is 0.0955.